The third kappa shape index (κ3) is 1.40. The van der Waals surface area contributed by atoms with Gasteiger partial charge in [-0.3, -0.25) is 4.79 Å². The zero-order valence-electron chi connectivity index (χ0n) is 6.98. The van der Waals surface area contributed by atoms with Crippen LogP contribution in [-0.2, 0) is 4.79 Å². The van der Waals surface area contributed by atoms with Crippen molar-refractivity contribution in [3.63, 3.8) is 0 Å². The Labute approximate surface area is 63.0 Å². The molecule has 0 atom stereocenters. The molecule has 0 N–H and O–H groups in total. The second-order valence-corrected chi connectivity index (χ2v) is 3.79. The standard InChI is InChI=1S/C7H14BNO/c1-7(2)5-9(8)4-3-6(7)10/h3-5,8H2,1-2H3. The highest BCUT2D eigenvalue weighted by molar-refractivity contribution is 6.05. The van der Waals surface area contributed by atoms with Crippen LogP contribution in [0.1, 0.15) is 20.3 Å². The zero-order chi connectivity index (χ0) is 7.78. The molecule has 0 radical (unpaired) electrons. The first-order chi connectivity index (χ1) is 4.52. The van der Waals surface area contributed by atoms with Crippen molar-refractivity contribution in [2.45, 2.75) is 20.3 Å². The molecule has 0 aromatic heterocycles. The third-order valence-corrected chi connectivity index (χ3v) is 2.14. The lowest BCUT2D eigenvalue weighted by Gasteiger charge is -2.34. The van der Waals surface area contributed by atoms with Crippen LogP contribution in [0.4, 0.5) is 0 Å². The van der Waals surface area contributed by atoms with Crippen LogP contribution < -0.4 is 0 Å². The van der Waals surface area contributed by atoms with Gasteiger partial charge in [-0.2, -0.15) is 0 Å². The number of carbonyl (C=O) groups is 1. The van der Waals surface area contributed by atoms with Gasteiger partial charge in [0.2, 0.25) is 0 Å². The quantitative estimate of drug-likeness (QED) is 0.434. The number of carbonyl (C=O) groups excluding carboxylic acids is 1. The van der Waals surface area contributed by atoms with Gasteiger partial charge in [0.05, 0.1) is 0 Å². The monoisotopic (exact) mass is 139 g/mol. The maximum atomic E-state index is 11.2. The molecule has 0 aromatic rings. The summed E-state index contributed by atoms with van der Waals surface area (Å²) in [5.41, 5.74) is -0.104. The number of piperidine rings is 1. The lowest BCUT2D eigenvalue weighted by Crippen LogP contribution is -2.44. The van der Waals surface area contributed by atoms with E-state index in [1.165, 1.54) is 0 Å². The highest BCUT2D eigenvalue weighted by Gasteiger charge is 2.31. The number of hydrogen-bond donors (Lipinski definition) is 0. The average molecular weight is 139 g/mol. The van der Waals surface area contributed by atoms with Crippen molar-refractivity contribution < 1.29 is 4.79 Å². The highest BCUT2D eigenvalue weighted by Crippen LogP contribution is 2.23. The van der Waals surface area contributed by atoms with E-state index < -0.39 is 0 Å². The van der Waals surface area contributed by atoms with Gasteiger partial charge in [-0.25, -0.2) is 0 Å². The number of nitrogens with zero attached hydrogens (tertiary/aromatic N) is 1. The lowest BCUT2D eigenvalue weighted by molar-refractivity contribution is -0.129. The van der Waals surface area contributed by atoms with E-state index in [4.69, 9.17) is 0 Å². The maximum Gasteiger partial charge on any atom is 0.185 e. The molecule has 1 aliphatic rings. The van der Waals surface area contributed by atoms with Crippen LogP contribution in [-0.4, -0.2) is 31.7 Å². The molecule has 0 saturated carbocycles. The lowest BCUT2D eigenvalue weighted by atomic mass is 9.82. The summed E-state index contributed by atoms with van der Waals surface area (Å²) < 4.78 is 0. The number of ketones is 1. The molecule has 2 nitrogen and oxygen atoms in total. The Morgan fingerprint density at radius 1 is 1.60 bits per heavy atom. The van der Waals surface area contributed by atoms with Crippen molar-refractivity contribution in [1.29, 1.82) is 0 Å². The normalized spacial score (nSPS) is 26.8. The van der Waals surface area contributed by atoms with E-state index >= 15 is 0 Å². The fourth-order valence-electron chi connectivity index (χ4n) is 1.47. The Bertz CT molecular complexity index is 156. The fourth-order valence-corrected chi connectivity index (χ4v) is 1.47. The second-order valence-electron chi connectivity index (χ2n) is 3.79. The predicted octanol–water partition coefficient (Wildman–Crippen LogP) is -0.165. The first kappa shape index (κ1) is 7.80. The molecule has 56 valence electrons. The Morgan fingerprint density at radius 3 is 2.60 bits per heavy atom. The Morgan fingerprint density at radius 2 is 2.20 bits per heavy atom. The van der Waals surface area contributed by atoms with Gasteiger partial charge in [-0.05, 0) is 13.1 Å². The van der Waals surface area contributed by atoms with Gasteiger partial charge < -0.3 is 4.81 Å². The molecule has 3 heteroatoms. The van der Waals surface area contributed by atoms with Gasteiger partial charge >= 0.3 is 0 Å². The SMILES string of the molecule is BN1CCC(=O)C(C)(C)C1. The van der Waals surface area contributed by atoms with E-state index in [0.29, 0.717) is 5.78 Å². The van der Waals surface area contributed by atoms with Gasteiger partial charge in [-0.1, -0.05) is 13.8 Å². The fraction of sp³-hybridized carbons (Fsp3) is 0.857. The number of hydrogen-bond acceptors (Lipinski definition) is 2. The maximum absolute atomic E-state index is 11.2. The molecule has 0 aromatic carbocycles. The van der Waals surface area contributed by atoms with Crippen LogP contribution in [0.15, 0.2) is 0 Å². The van der Waals surface area contributed by atoms with Gasteiger partial charge in [0.25, 0.3) is 0 Å². The van der Waals surface area contributed by atoms with E-state index in [9.17, 15) is 4.79 Å². The van der Waals surface area contributed by atoms with Crippen LogP contribution in [0.5, 0.6) is 0 Å². The smallest absolute Gasteiger partial charge is 0.185 e. The summed E-state index contributed by atoms with van der Waals surface area (Å²) in [6.07, 6.45) is 0.726. The number of rotatable bonds is 0. The Hall–Kier alpha value is -0.305. The summed E-state index contributed by atoms with van der Waals surface area (Å²) in [5, 5.41) is 0. The Balaban J connectivity index is 2.63. The first-order valence-electron chi connectivity index (χ1n) is 3.74. The van der Waals surface area contributed by atoms with Gasteiger partial charge in [-0.15, -0.1) is 0 Å². The summed E-state index contributed by atoms with van der Waals surface area (Å²) in [5.74, 6) is 0.408. The van der Waals surface area contributed by atoms with E-state index in [1.54, 1.807) is 0 Å². The van der Waals surface area contributed by atoms with Crippen LogP contribution in [0.2, 0.25) is 0 Å². The topological polar surface area (TPSA) is 20.3 Å². The van der Waals surface area contributed by atoms with E-state index in [1.807, 2.05) is 13.8 Å². The minimum Gasteiger partial charge on any atom is -0.347 e. The minimum atomic E-state index is -0.104. The van der Waals surface area contributed by atoms with Gasteiger partial charge in [0, 0.05) is 11.8 Å². The van der Waals surface area contributed by atoms with E-state index in [0.717, 1.165) is 19.5 Å². The van der Waals surface area contributed by atoms with Gasteiger partial charge in [0.1, 0.15) is 5.78 Å². The molecule has 10 heavy (non-hydrogen) atoms. The van der Waals surface area contributed by atoms with Crippen molar-refractivity contribution in [1.82, 2.24) is 4.81 Å². The molecular formula is C7H14BNO. The molecule has 1 saturated heterocycles. The molecule has 0 unspecified atom stereocenters. The molecular weight excluding hydrogens is 125 g/mol. The average Bonchev–Trinajstić information content (AvgIpc) is 1.78. The first-order valence-corrected chi connectivity index (χ1v) is 3.74. The van der Waals surface area contributed by atoms with Gasteiger partial charge in [0.15, 0.2) is 7.98 Å². The van der Waals surface area contributed by atoms with Crippen molar-refractivity contribution in [3.05, 3.63) is 0 Å². The molecule has 0 bridgehead atoms. The molecule has 1 rings (SSSR count). The zero-order valence-corrected chi connectivity index (χ0v) is 6.98. The highest BCUT2D eigenvalue weighted by atomic mass is 16.1. The molecule has 0 amide bonds. The van der Waals surface area contributed by atoms with Crippen molar-refractivity contribution >= 4 is 13.8 Å². The van der Waals surface area contributed by atoms with E-state index in [-0.39, 0.29) is 5.41 Å². The van der Waals surface area contributed by atoms with Crippen LogP contribution in [0.25, 0.3) is 0 Å². The number of Topliss-reactive ketones (excluding diaryl/α,β-unsaturated/α-hetero) is 1. The minimum absolute atomic E-state index is 0.104. The van der Waals surface area contributed by atoms with Crippen molar-refractivity contribution in [3.8, 4) is 0 Å². The van der Waals surface area contributed by atoms with Crippen LogP contribution in [0, 0.1) is 5.41 Å². The summed E-state index contributed by atoms with van der Waals surface area (Å²) in [7, 11) is 2.06. The summed E-state index contributed by atoms with van der Waals surface area (Å²) in [6, 6.07) is 0. The molecule has 0 spiro atoms. The molecule has 0 aliphatic carbocycles. The Kier molecular flexibility index (Phi) is 1.86. The second kappa shape index (κ2) is 2.38. The van der Waals surface area contributed by atoms with Crippen molar-refractivity contribution in [2.24, 2.45) is 5.41 Å². The predicted molar refractivity (Wildman–Crippen MR) is 43.5 cm³/mol. The molecule has 1 heterocycles. The third-order valence-electron chi connectivity index (χ3n) is 2.14. The summed E-state index contributed by atoms with van der Waals surface area (Å²) in [6.45, 7) is 5.88. The van der Waals surface area contributed by atoms with Crippen molar-refractivity contribution in [2.75, 3.05) is 13.1 Å². The summed E-state index contributed by atoms with van der Waals surface area (Å²) >= 11 is 0. The molecule has 1 fully saturated rings. The largest absolute Gasteiger partial charge is 0.347 e. The molecule has 1 aliphatic heterocycles. The summed E-state index contributed by atoms with van der Waals surface area (Å²) in [4.78, 5) is 13.4. The van der Waals surface area contributed by atoms with Crippen LogP contribution >= 0.6 is 0 Å². The van der Waals surface area contributed by atoms with E-state index in [2.05, 4.69) is 12.8 Å². The van der Waals surface area contributed by atoms with Crippen LogP contribution in [0.3, 0.4) is 0 Å².